The van der Waals surface area contributed by atoms with Crippen LogP contribution >= 0.6 is 0 Å². The molecule has 178 valence electrons. The van der Waals surface area contributed by atoms with Crippen LogP contribution in [0, 0.1) is 11.3 Å². The standard InChI is InChI=1S/C28H32N2O4/c1-28(2,16-20-13-14-21-7-3-4-8-23(21)15-20)30-18-24(31)19-34-26-11-5-9-22(25(26)17-29)10-6-12-27(32)33/h3-5,7-9,11,13-15,24,30-31H,6,10,12,16,18-19H2,1-2H3,(H,32,33). The summed E-state index contributed by atoms with van der Waals surface area (Å²) in [4.78, 5) is 10.8. The molecular weight excluding hydrogens is 428 g/mol. The molecular formula is C28H32N2O4. The van der Waals surface area contributed by atoms with Crippen molar-refractivity contribution in [2.45, 2.75) is 51.2 Å². The average Bonchev–Trinajstić information content (AvgIpc) is 2.81. The summed E-state index contributed by atoms with van der Waals surface area (Å²) in [5, 5.41) is 34.7. The Labute approximate surface area is 200 Å². The number of benzene rings is 3. The number of β-amino-alcohol motifs (C(OH)–C–C–N with tert-alkyl or cyclic N) is 1. The monoisotopic (exact) mass is 460 g/mol. The van der Waals surface area contributed by atoms with Crippen molar-refractivity contribution in [1.82, 2.24) is 5.32 Å². The van der Waals surface area contributed by atoms with Gasteiger partial charge in [0.25, 0.3) is 0 Å². The second kappa shape index (κ2) is 11.6. The van der Waals surface area contributed by atoms with Crippen molar-refractivity contribution in [3.8, 4) is 11.8 Å². The van der Waals surface area contributed by atoms with Crippen LogP contribution in [-0.2, 0) is 17.6 Å². The highest BCUT2D eigenvalue weighted by Gasteiger charge is 2.20. The Morgan fingerprint density at radius 2 is 1.88 bits per heavy atom. The zero-order chi connectivity index (χ0) is 24.6. The SMILES string of the molecule is CC(C)(Cc1ccc2ccccc2c1)NCC(O)COc1cccc(CCCC(=O)O)c1C#N. The minimum Gasteiger partial charge on any atom is -0.489 e. The lowest BCUT2D eigenvalue weighted by Crippen LogP contribution is -2.46. The minimum atomic E-state index is -0.856. The Morgan fingerprint density at radius 1 is 1.12 bits per heavy atom. The molecule has 0 spiro atoms. The van der Waals surface area contributed by atoms with Gasteiger partial charge in [-0.2, -0.15) is 5.26 Å². The number of aliphatic hydroxyl groups is 1. The van der Waals surface area contributed by atoms with Crippen molar-refractivity contribution < 1.29 is 19.7 Å². The van der Waals surface area contributed by atoms with E-state index in [1.165, 1.54) is 16.3 Å². The van der Waals surface area contributed by atoms with E-state index in [0.717, 1.165) is 12.0 Å². The third-order valence-electron chi connectivity index (χ3n) is 5.77. The Bertz CT molecular complexity index is 1170. The molecule has 0 aliphatic carbocycles. The van der Waals surface area contributed by atoms with Gasteiger partial charge in [0.15, 0.2) is 0 Å². The Kier molecular flexibility index (Phi) is 8.64. The van der Waals surface area contributed by atoms with Crippen molar-refractivity contribution in [2.24, 2.45) is 0 Å². The van der Waals surface area contributed by atoms with Crippen LogP contribution in [0.4, 0.5) is 0 Å². The van der Waals surface area contributed by atoms with Gasteiger partial charge >= 0.3 is 5.97 Å². The number of fused-ring (bicyclic) bond motifs is 1. The second-order valence-corrected chi connectivity index (χ2v) is 9.24. The van der Waals surface area contributed by atoms with Gasteiger partial charge in [0.2, 0.25) is 0 Å². The first-order valence-corrected chi connectivity index (χ1v) is 11.5. The molecule has 0 amide bonds. The van der Waals surface area contributed by atoms with Crippen molar-refractivity contribution in [3.63, 3.8) is 0 Å². The van der Waals surface area contributed by atoms with E-state index in [1.807, 2.05) is 12.1 Å². The van der Waals surface area contributed by atoms with Crippen LogP contribution in [0.5, 0.6) is 5.75 Å². The molecule has 3 N–H and O–H groups in total. The van der Waals surface area contributed by atoms with Gasteiger partial charge in [0.1, 0.15) is 24.5 Å². The molecule has 1 unspecified atom stereocenters. The van der Waals surface area contributed by atoms with Gasteiger partial charge in [-0.3, -0.25) is 4.79 Å². The predicted molar refractivity (Wildman–Crippen MR) is 133 cm³/mol. The lowest BCUT2D eigenvalue weighted by Gasteiger charge is -2.28. The molecule has 0 fully saturated rings. The maximum absolute atomic E-state index is 10.8. The molecule has 0 aliphatic heterocycles. The van der Waals surface area contributed by atoms with E-state index in [-0.39, 0.29) is 18.6 Å². The van der Waals surface area contributed by atoms with Crippen LogP contribution in [0.2, 0.25) is 0 Å². The molecule has 0 saturated heterocycles. The molecule has 6 nitrogen and oxygen atoms in total. The van der Waals surface area contributed by atoms with E-state index in [9.17, 15) is 15.2 Å². The number of nitriles is 1. The molecule has 34 heavy (non-hydrogen) atoms. The zero-order valence-corrected chi connectivity index (χ0v) is 19.8. The van der Waals surface area contributed by atoms with Crippen LogP contribution in [0.25, 0.3) is 10.8 Å². The van der Waals surface area contributed by atoms with E-state index in [1.54, 1.807) is 18.2 Å². The highest BCUT2D eigenvalue weighted by Crippen LogP contribution is 2.24. The molecule has 0 radical (unpaired) electrons. The average molecular weight is 461 g/mol. The molecule has 0 bridgehead atoms. The summed E-state index contributed by atoms with van der Waals surface area (Å²) in [6.45, 7) is 4.60. The number of rotatable bonds is 12. The lowest BCUT2D eigenvalue weighted by atomic mass is 9.93. The summed E-state index contributed by atoms with van der Waals surface area (Å²) in [5.74, 6) is -0.449. The number of hydrogen-bond donors (Lipinski definition) is 3. The fourth-order valence-corrected chi connectivity index (χ4v) is 4.02. The summed E-state index contributed by atoms with van der Waals surface area (Å²) >= 11 is 0. The van der Waals surface area contributed by atoms with Crippen molar-refractivity contribution >= 4 is 16.7 Å². The van der Waals surface area contributed by atoms with E-state index in [4.69, 9.17) is 9.84 Å². The van der Waals surface area contributed by atoms with E-state index in [2.05, 4.69) is 55.6 Å². The first-order chi connectivity index (χ1) is 16.3. The minimum absolute atomic E-state index is 0.0479. The van der Waals surface area contributed by atoms with Gasteiger partial charge < -0.3 is 20.3 Å². The molecule has 3 rings (SSSR count). The quantitative estimate of drug-likeness (QED) is 0.369. The Hall–Kier alpha value is -3.40. The van der Waals surface area contributed by atoms with Gasteiger partial charge in [-0.05, 0) is 61.1 Å². The van der Waals surface area contributed by atoms with Crippen LogP contribution in [0.3, 0.4) is 0 Å². The predicted octanol–water partition coefficient (Wildman–Crippen LogP) is 4.47. The molecule has 0 aromatic heterocycles. The lowest BCUT2D eigenvalue weighted by molar-refractivity contribution is -0.137. The summed E-state index contributed by atoms with van der Waals surface area (Å²) in [7, 11) is 0. The van der Waals surface area contributed by atoms with E-state index in [0.29, 0.717) is 30.7 Å². The number of aryl methyl sites for hydroxylation is 1. The summed E-state index contributed by atoms with van der Waals surface area (Å²) in [5.41, 5.74) is 2.14. The molecule has 6 heteroatoms. The van der Waals surface area contributed by atoms with Gasteiger partial charge in [0.05, 0.1) is 5.56 Å². The van der Waals surface area contributed by atoms with Crippen LogP contribution in [-0.4, -0.2) is 41.0 Å². The Morgan fingerprint density at radius 3 is 2.62 bits per heavy atom. The molecule has 1 atom stereocenters. The van der Waals surface area contributed by atoms with Crippen LogP contribution in [0.1, 0.15) is 43.4 Å². The van der Waals surface area contributed by atoms with E-state index < -0.39 is 12.1 Å². The number of nitrogens with zero attached hydrogens (tertiary/aromatic N) is 1. The van der Waals surface area contributed by atoms with Gasteiger partial charge in [-0.25, -0.2) is 0 Å². The maximum Gasteiger partial charge on any atom is 0.303 e. The van der Waals surface area contributed by atoms with Crippen molar-refractivity contribution in [1.29, 1.82) is 5.26 Å². The maximum atomic E-state index is 10.8. The normalized spacial score (nSPS) is 12.3. The number of aliphatic hydroxyl groups excluding tert-OH is 1. The fourth-order valence-electron chi connectivity index (χ4n) is 4.02. The summed E-state index contributed by atoms with van der Waals surface area (Å²) in [6.07, 6.45) is 1.04. The number of aliphatic carboxylic acids is 1. The second-order valence-electron chi connectivity index (χ2n) is 9.24. The first kappa shape index (κ1) is 25.2. The third-order valence-corrected chi connectivity index (χ3v) is 5.77. The van der Waals surface area contributed by atoms with Gasteiger partial charge in [0, 0.05) is 18.5 Å². The topological polar surface area (TPSA) is 103 Å². The fraction of sp³-hybridized carbons (Fsp3) is 0.357. The number of nitrogens with one attached hydrogen (secondary N) is 1. The first-order valence-electron chi connectivity index (χ1n) is 11.5. The zero-order valence-electron chi connectivity index (χ0n) is 19.8. The summed E-state index contributed by atoms with van der Waals surface area (Å²) < 4.78 is 5.76. The molecule has 0 aliphatic rings. The highest BCUT2D eigenvalue weighted by atomic mass is 16.5. The Balaban J connectivity index is 1.52. The van der Waals surface area contributed by atoms with Gasteiger partial charge in [-0.15, -0.1) is 0 Å². The van der Waals surface area contributed by atoms with Crippen molar-refractivity contribution in [3.05, 3.63) is 77.4 Å². The molecule has 0 saturated carbocycles. The molecule has 0 heterocycles. The van der Waals surface area contributed by atoms with E-state index >= 15 is 0 Å². The van der Waals surface area contributed by atoms with Crippen molar-refractivity contribution in [2.75, 3.05) is 13.2 Å². The largest absolute Gasteiger partial charge is 0.489 e. The number of ether oxygens (including phenoxy) is 1. The number of carboxylic acids is 1. The smallest absolute Gasteiger partial charge is 0.303 e. The third kappa shape index (κ3) is 7.31. The molecule has 3 aromatic carbocycles. The number of carboxylic acid groups (broad SMARTS) is 1. The highest BCUT2D eigenvalue weighted by molar-refractivity contribution is 5.83. The number of carbonyl (C=O) groups is 1. The number of hydrogen-bond acceptors (Lipinski definition) is 5. The molecule has 3 aromatic rings. The van der Waals surface area contributed by atoms with Crippen LogP contribution in [0.15, 0.2) is 60.7 Å². The van der Waals surface area contributed by atoms with Crippen LogP contribution < -0.4 is 10.1 Å². The summed E-state index contributed by atoms with van der Waals surface area (Å²) in [6, 6.07) is 22.2. The van der Waals surface area contributed by atoms with Gasteiger partial charge in [-0.1, -0.05) is 54.6 Å².